The lowest BCUT2D eigenvalue weighted by atomic mass is 10.1. The third kappa shape index (κ3) is 3.33. The second kappa shape index (κ2) is 5.69. The van der Waals surface area contributed by atoms with E-state index in [0.29, 0.717) is 0 Å². The van der Waals surface area contributed by atoms with Gasteiger partial charge in [0.05, 0.1) is 16.8 Å². The van der Waals surface area contributed by atoms with E-state index in [1.807, 2.05) is 36.5 Å². The standard InChI is InChI=1S/C13H12ClIN2/c1-9(10-3-2-6-16-8-10)17-13-5-4-11(15)7-12(13)14/h2-9,17H,1H3. The number of pyridine rings is 1. The maximum atomic E-state index is 6.18. The molecule has 2 rings (SSSR count). The van der Waals surface area contributed by atoms with E-state index in [0.717, 1.165) is 19.8 Å². The summed E-state index contributed by atoms with van der Waals surface area (Å²) >= 11 is 8.42. The van der Waals surface area contributed by atoms with Gasteiger partial charge in [0, 0.05) is 16.0 Å². The molecule has 1 unspecified atom stereocenters. The normalized spacial score (nSPS) is 12.2. The van der Waals surface area contributed by atoms with Gasteiger partial charge in [-0.1, -0.05) is 17.7 Å². The van der Waals surface area contributed by atoms with E-state index in [1.165, 1.54) is 0 Å². The molecule has 1 aromatic carbocycles. The van der Waals surface area contributed by atoms with Crippen LogP contribution in [0.15, 0.2) is 42.7 Å². The largest absolute Gasteiger partial charge is 0.377 e. The van der Waals surface area contributed by atoms with Crippen LogP contribution in [-0.2, 0) is 0 Å². The van der Waals surface area contributed by atoms with E-state index < -0.39 is 0 Å². The first-order chi connectivity index (χ1) is 8.16. The summed E-state index contributed by atoms with van der Waals surface area (Å²) in [6.45, 7) is 2.09. The molecule has 0 aliphatic rings. The highest BCUT2D eigenvalue weighted by atomic mass is 127. The zero-order valence-electron chi connectivity index (χ0n) is 9.32. The molecule has 0 spiro atoms. The van der Waals surface area contributed by atoms with Crippen LogP contribution >= 0.6 is 34.2 Å². The van der Waals surface area contributed by atoms with Crippen molar-refractivity contribution in [1.82, 2.24) is 4.98 Å². The number of anilines is 1. The lowest BCUT2D eigenvalue weighted by Gasteiger charge is -2.16. The highest BCUT2D eigenvalue weighted by Gasteiger charge is 2.07. The van der Waals surface area contributed by atoms with Gasteiger partial charge in [0.1, 0.15) is 0 Å². The van der Waals surface area contributed by atoms with Gasteiger partial charge in [-0.3, -0.25) is 4.98 Å². The van der Waals surface area contributed by atoms with Crippen LogP contribution in [0.3, 0.4) is 0 Å². The molecule has 0 bridgehead atoms. The lowest BCUT2D eigenvalue weighted by molar-refractivity contribution is 0.876. The molecular formula is C13H12ClIN2. The minimum atomic E-state index is 0.182. The van der Waals surface area contributed by atoms with E-state index >= 15 is 0 Å². The van der Waals surface area contributed by atoms with Gasteiger partial charge in [-0.05, 0) is 59.3 Å². The van der Waals surface area contributed by atoms with Gasteiger partial charge < -0.3 is 5.32 Å². The Morgan fingerprint density at radius 3 is 2.82 bits per heavy atom. The molecule has 1 heterocycles. The summed E-state index contributed by atoms with van der Waals surface area (Å²) in [5, 5.41) is 4.12. The number of hydrogen-bond donors (Lipinski definition) is 1. The van der Waals surface area contributed by atoms with Crippen LogP contribution in [0.25, 0.3) is 0 Å². The first-order valence-electron chi connectivity index (χ1n) is 5.28. The molecule has 2 aromatic rings. The van der Waals surface area contributed by atoms with Crippen molar-refractivity contribution < 1.29 is 0 Å². The molecule has 0 aliphatic carbocycles. The van der Waals surface area contributed by atoms with Crippen LogP contribution in [0.1, 0.15) is 18.5 Å². The molecule has 0 aliphatic heterocycles. The van der Waals surface area contributed by atoms with Gasteiger partial charge in [-0.15, -0.1) is 0 Å². The minimum absolute atomic E-state index is 0.182. The number of nitrogens with zero attached hydrogens (tertiary/aromatic N) is 1. The third-order valence-corrected chi connectivity index (χ3v) is 3.47. The summed E-state index contributed by atoms with van der Waals surface area (Å²) in [5.41, 5.74) is 2.09. The van der Waals surface area contributed by atoms with Gasteiger partial charge >= 0.3 is 0 Å². The van der Waals surface area contributed by atoms with Crippen LogP contribution in [0.2, 0.25) is 5.02 Å². The van der Waals surface area contributed by atoms with Gasteiger partial charge in [0.15, 0.2) is 0 Å². The average molecular weight is 359 g/mol. The van der Waals surface area contributed by atoms with Gasteiger partial charge in [-0.25, -0.2) is 0 Å². The van der Waals surface area contributed by atoms with Crippen molar-refractivity contribution in [3.05, 3.63) is 56.9 Å². The Bertz CT molecular complexity index is 502. The molecule has 0 saturated heterocycles. The summed E-state index contributed by atoms with van der Waals surface area (Å²) in [4.78, 5) is 4.11. The predicted octanol–water partition coefficient (Wildman–Crippen LogP) is 4.51. The zero-order chi connectivity index (χ0) is 12.3. The first-order valence-corrected chi connectivity index (χ1v) is 6.74. The first kappa shape index (κ1) is 12.6. The molecule has 0 saturated carbocycles. The van der Waals surface area contributed by atoms with Crippen molar-refractivity contribution in [2.24, 2.45) is 0 Å². The maximum absolute atomic E-state index is 6.18. The predicted molar refractivity (Wildman–Crippen MR) is 80.4 cm³/mol. The molecule has 0 fully saturated rings. The van der Waals surface area contributed by atoms with Gasteiger partial charge in [-0.2, -0.15) is 0 Å². The summed E-state index contributed by atoms with van der Waals surface area (Å²) in [5.74, 6) is 0. The highest BCUT2D eigenvalue weighted by Crippen LogP contribution is 2.27. The Labute approximate surface area is 120 Å². The number of halogens is 2. The van der Waals surface area contributed by atoms with Gasteiger partial charge in [0.2, 0.25) is 0 Å². The second-order valence-corrected chi connectivity index (χ2v) is 5.43. The molecule has 1 N–H and O–H groups in total. The molecule has 1 atom stereocenters. The molecule has 2 nitrogen and oxygen atoms in total. The van der Waals surface area contributed by atoms with Crippen molar-refractivity contribution in [3.8, 4) is 0 Å². The SMILES string of the molecule is CC(Nc1ccc(I)cc1Cl)c1cccnc1. The number of rotatable bonds is 3. The van der Waals surface area contributed by atoms with Crippen molar-refractivity contribution in [1.29, 1.82) is 0 Å². The zero-order valence-corrected chi connectivity index (χ0v) is 12.2. The van der Waals surface area contributed by atoms with Crippen LogP contribution in [0.5, 0.6) is 0 Å². The fraction of sp³-hybridized carbons (Fsp3) is 0.154. The number of hydrogen-bond acceptors (Lipinski definition) is 2. The van der Waals surface area contributed by atoms with Crippen LogP contribution in [0.4, 0.5) is 5.69 Å². The van der Waals surface area contributed by atoms with Crippen LogP contribution < -0.4 is 5.32 Å². The summed E-state index contributed by atoms with van der Waals surface area (Å²) in [7, 11) is 0. The van der Waals surface area contributed by atoms with Crippen molar-refractivity contribution >= 4 is 39.9 Å². The van der Waals surface area contributed by atoms with E-state index in [2.05, 4.69) is 39.8 Å². The second-order valence-electron chi connectivity index (χ2n) is 3.78. The topological polar surface area (TPSA) is 24.9 Å². The molecule has 0 amide bonds. The number of aromatic nitrogens is 1. The Hall–Kier alpha value is -0.810. The van der Waals surface area contributed by atoms with Crippen LogP contribution in [0, 0.1) is 3.57 Å². The minimum Gasteiger partial charge on any atom is -0.377 e. The van der Waals surface area contributed by atoms with Crippen molar-refractivity contribution in [2.45, 2.75) is 13.0 Å². The molecular weight excluding hydrogens is 347 g/mol. The van der Waals surface area contributed by atoms with E-state index in [4.69, 9.17) is 11.6 Å². The monoisotopic (exact) mass is 358 g/mol. The van der Waals surface area contributed by atoms with Crippen LogP contribution in [-0.4, -0.2) is 4.98 Å². The Morgan fingerprint density at radius 2 is 2.18 bits per heavy atom. The highest BCUT2D eigenvalue weighted by molar-refractivity contribution is 14.1. The lowest BCUT2D eigenvalue weighted by Crippen LogP contribution is -2.07. The summed E-state index contributed by atoms with van der Waals surface area (Å²) in [6, 6.07) is 10.1. The molecule has 88 valence electrons. The molecule has 4 heteroatoms. The summed E-state index contributed by atoms with van der Waals surface area (Å²) in [6.07, 6.45) is 3.63. The van der Waals surface area contributed by atoms with E-state index in [1.54, 1.807) is 6.20 Å². The Balaban J connectivity index is 2.16. The Morgan fingerprint density at radius 1 is 1.35 bits per heavy atom. The Kier molecular flexibility index (Phi) is 4.23. The average Bonchev–Trinajstić information content (AvgIpc) is 2.34. The number of benzene rings is 1. The van der Waals surface area contributed by atoms with Crippen molar-refractivity contribution in [2.75, 3.05) is 5.32 Å². The molecule has 17 heavy (non-hydrogen) atoms. The molecule has 0 radical (unpaired) electrons. The smallest absolute Gasteiger partial charge is 0.0648 e. The third-order valence-electron chi connectivity index (χ3n) is 2.49. The summed E-state index contributed by atoms with van der Waals surface area (Å²) < 4.78 is 1.13. The van der Waals surface area contributed by atoms with Gasteiger partial charge in [0.25, 0.3) is 0 Å². The van der Waals surface area contributed by atoms with Crippen molar-refractivity contribution in [3.63, 3.8) is 0 Å². The quantitative estimate of drug-likeness (QED) is 0.817. The number of nitrogens with one attached hydrogen (secondary N) is 1. The molecule has 1 aromatic heterocycles. The fourth-order valence-corrected chi connectivity index (χ4v) is 2.47. The fourth-order valence-electron chi connectivity index (χ4n) is 1.56. The van der Waals surface area contributed by atoms with E-state index in [-0.39, 0.29) is 6.04 Å². The maximum Gasteiger partial charge on any atom is 0.0648 e. The van der Waals surface area contributed by atoms with E-state index in [9.17, 15) is 0 Å².